The number of rotatable bonds is 6. The maximum Gasteiger partial charge on any atom is 0.277 e. The predicted molar refractivity (Wildman–Crippen MR) is 109 cm³/mol. The molecule has 2 heterocycles. The van der Waals surface area contributed by atoms with Crippen molar-refractivity contribution in [3.8, 4) is 11.4 Å². The molecule has 7 heteroatoms. The monoisotopic (exact) mass is 390 g/mol. The second-order valence-corrected chi connectivity index (χ2v) is 7.21. The highest BCUT2D eigenvalue weighted by Crippen LogP contribution is 2.23. The van der Waals surface area contributed by atoms with E-state index in [2.05, 4.69) is 15.4 Å². The maximum atomic E-state index is 12.5. The number of hydrogen-bond acceptors (Lipinski definition) is 5. The van der Waals surface area contributed by atoms with E-state index in [1.807, 2.05) is 54.6 Å². The molecule has 0 aliphatic heterocycles. The first-order valence-corrected chi connectivity index (χ1v) is 9.53. The lowest BCUT2D eigenvalue weighted by Crippen LogP contribution is -2.12. The Labute approximate surface area is 166 Å². The number of methoxy groups -OCH3 is 1. The topological polar surface area (TPSA) is 69.0 Å². The summed E-state index contributed by atoms with van der Waals surface area (Å²) in [6, 6.07) is 19.3. The largest absolute Gasteiger partial charge is 0.497 e. The molecule has 0 saturated carbocycles. The SMILES string of the molecule is COc1ccc(Cc2cnc(NC(=O)c3ccn(-c4ccccc4)n3)s2)cc1. The van der Waals surface area contributed by atoms with Crippen LogP contribution in [0.25, 0.3) is 5.69 Å². The smallest absolute Gasteiger partial charge is 0.277 e. The lowest BCUT2D eigenvalue weighted by Gasteiger charge is -2.01. The molecule has 4 rings (SSSR count). The summed E-state index contributed by atoms with van der Waals surface area (Å²) in [6.45, 7) is 0. The normalized spacial score (nSPS) is 10.6. The van der Waals surface area contributed by atoms with E-state index in [0.29, 0.717) is 10.8 Å². The van der Waals surface area contributed by atoms with Gasteiger partial charge in [-0.3, -0.25) is 10.1 Å². The van der Waals surface area contributed by atoms with Gasteiger partial charge in [-0.25, -0.2) is 9.67 Å². The highest BCUT2D eigenvalue weighted by Gasteiger charge is 2.13. The Bertz CT molecular complexity index is 1070. The summed E-state index contributed by atoms with van der Waals surface area (Å²) in [4.78, 5) is 17.8. The van der Waals surface area contributed by atoms with Crippen LogP contribution >= 0.6 is 11.3 Å². The highest BCUT2D eigenvalue weighted by molar-refractivity contribution is 7.15. The number of anilines is 1. The van der Waals surface area contributed by atoms with Gasteiger partial charge in [-0.2, -0.15) is 5.10 Å². The first-order chi connectivity index (χ1) is 13.7. The van der Waals surface area contributed by atoms with Crippen molar-refractivity contribution in [1.82, 2.24) is 14.8 Å². The van der Waals surface area contributed by atoms with E-state index in [-0.39, 0.29) is 5.91 Å². The number of hydrogen-bond donors (Lipinski definition) is 1. The van der Waals surface area contributed by atoms with Gasteiger partial charge in [0.25, 0.3) is 5.91 Å². The van der Waals surface area contributed by atoms with Crippen LogP contribution in [0.5, 0.6) is 5.75 Å². The van der Waals surface area contributed by atoms with E-state index in [1.54, 1.807) is 30.3 Å². The molecule has 2 aromatic heterocycles. The number of carbonyl (C=O) groups is 1. The molecule has 0 atom stereocenters. The zero-order chi connectivity index (χ0) is 19.3. The molecule has 0 unspecified atom stereocenters. The van der Waals surface area contributed by atoms with Gasteiger partial charge in [-0.05, 0) is 35.9 Å². The van der Waals surface area contributed by atoms with Gasteiger partial charge in [-0.1, -0.05) is 30.3 Å². The second-order valence-electron chi connectivity index (χ2n) is 6.09. The van der Waals surface area contributed by atoms with Crippen LogP contribution in [0.3, 0.4) is 0 Å². The van der Waals surface area contributed by atoms with Gasteiger partial charge in [0, 0.05) is 23.7 Å². The van der Waals surface area contributed by atoms with Crippen LogP contribution in [-0.2, 0) is 6.42 Å². The Kier molecular flexibility index (Phi) is 5.16. The van der Waals surface area contributed by atoms with Crippen molar-refractivity contribution in [2.24, 2.45) is 0 Å². The molecule has 0 spiro atoms. The predicted octanol–water partition coefficient (Wildman–Crippen LogP) is 4.18. The quantitative estimate of drug-likeness (QED) is 0.536. The summed E-state index contributed by atoms with van der Waals surface area (Å²) in [5.41, 5.74) is 2.40. The molecule has 0 bridgehead atoms. The number of carbonyl (C=O) groups excluding carboxylic acids is 1. The van der Waals surface area contributed by atoms with E-state index in [9.17, 15) is 4.79 Å². The lowest BCUT2D eigenvalue weighted by atomic mass is 10.1. The minimum absolute atomic E-state index is 0.278. The van der Waals surface area contributed by atoms with Crippen LogP contribution in [-0.4, -0.2) is 27.8 Å². The van der Waals surface area contributed by atoms with E-state index in [4.69, 9.17) is 4.74 Å². The molecule has 6 nitrogen and oxygen atoms in total. The minimum Gasteiger partial charge on any atom is -0.497 e. The summed E-state index contributed by atoms with van der Waals surface area (Å²) in [6.07, 6.45) is 4.30. The summed E-state index contributed by atoms with van der Waals surface area (Å²) in [5, 5.41) is 7.72. The van der Waals surface area contributed by atoms with E-state index >= 15 is 0 Å². The molecular formula is C21H18N4O2S. The van der Waals surface area contributed by atoms with Crippen molar-refractivity contribution in [2.45, 2.75) is 6.42 Å². The van der Waals surface area contributed by atoms with Crippen LogP contribution in [0.1, 0.15) is 20.9 Å². The Balaban J connectivity index is 1.41. The van der Waals surface area contributed by atoms with E-state index in [1.165, 1.54) is 11.3 Å². The van der Waals surface area contributed by atoms with Gasteiger partial charge in [-0.15, -0.1) is 11.3 Å². The molecule has 28 heavy (non-hydrogen) atoms. The number of amides is 1. The van der Waals surface area contributed by atoms with Crippen LogP contribution in [0.4, 0.5) is 5.13 Å². The first-order valence-electron chi connectivity index (χ1n) is 8.71. The number of nitrogens with zero attached hydrogens (tertiary/aromatic N) is 3. The van der Waals surface area contributed by atoms with Crippen molar-refractivity contribution in [3.05, 3.63) is 89.2 Å². The number of thiazole rings is 1. The molecule has 1 amide bonds. The molecule has 0 fully saturated rings. The third-order valence-electron chi connectivity index (χ3n) is 4.15. The zero-order valence-corrected chi connectivity index (χ0v) is 16.0. The van der Waals surface area contributed by atoms with Gasteiger partial charge in [0.15, 0.2) is 10.8 Å². The molecule has 0 aliphatic carbocycles. The summed E-state index contributed by atoms with van der Waals surface area (Å²) in [5.74, 6) is 0.552. The van der Waals surface area contributed by atoms with Crippen LogP contribution in [0.2, 0.25) is 0 Å². The summed E-state index contributed by atoms with van der Waals surface area (Å²) in [7, 11) is 1.65. The van der Waals surface area contributed by atoms with Crippen LogP contribution in [0, 0.1) is 0 Å². The Morgan fingerprint density at radius 1 is 1.11 bits per heavy atom. The number of ether oxygens (including phenoxy) is 1. The average Bonchev–Trinajstić information content (AvgIpc) is 3.39. The fourth-order valence-corrected chi connectivity index (χ4v) is 3.56. The zero-order valence-electron chi connectivity index (χ0n) is 15.2. The molecule has 2 aromatic carbocycles. The molecule has 0 aliphatic rings. The standard InChI is InChI=1S/C21H18N4O2S/c1-27-17-9-7-15(8-10-17)13-18-14-22-21(28-18)23-20(26)19-11-12-25(24-19)16-5-3-2-4-6-16/h2-12,14H,13H2,1H3,(H,22,23,26). The van der Waals surface area contributed by atoms with Gasteiger partial charge in [0.2, 0.25) is 0 Å². The number of aromatic nitrogens is 3. The first kappa shape index (κ1) is 17.9. The Morgan fingerprint density at radius 2 is 1.89 bits per heavy atom. The third-order valence-corrected chi connectivity index (χ3v) is 5.07. The van der Waals surface area contributed by atoms with Crippen molar-refractivity contribution in [3.63, 3.8) is 0 Å². The minimum atomic E-state index is -0.278. The average molecular weight is 390 g/mol. The fraction of sp³-hybridized carbons (Fsp3) is 0.0952. The van der Waals surface area contributed by atoms with Crippen molar-refractivity contribution >= 4 is 22.4 Å². The Hall–Kier alpha value is -3.45. The van der Waals surface area contributed by atoms with Crippen molar-refractivity contribution in [2.75, 3.05) is 12.4 Å². The molecule has 0 saturated heterocycles. The van der Waals surface area contributed by atoms with E-state index < -0.39 is 0 Å². The molecule has 140 valence electrons. The summed E-state index contributed by atoms with van der Waals surface area (Å²) < 4.78 is 6.85. The van der Waals surface area contributed by atoms with Crippen LogP contribution < -0.4 is 10.1 Å². The lowest BCUT2D eigenvalue weighted by molar-refractivity contribution is 0.102. The fourth-order valence-electron chi connectivity index (χ4n) is 2.72. The van der Waals surface area contributed by atoms with Gasteiger partial charge in [0.1, 0.15) is 5.75 Å². The van der Waals surface area contributed by atoms with Gasteiger partial charge in [0.05, 0.1) is 12.8 Å². The molecule has 4 aromatic rings. The van der Waals surface area contributed by atoms with E-state index in [0.717, 1.165) is 28.3 Å². The highest BCUT2D eigenvalue weighted by atomic mass is 32.1. The molecular weight excluding hydrogens is 372 g/mol. The van der Waals surface area contributed by atoms with Crippen molar-refractivity contribution < 1.29 is 9.53 Å². The number of para-hydroxylation sites is 1. The Morgan fingerprint density at radius 3 is 2.64 bits per heavy atom. The number of nitrogens with one attached hydrogen (secondary N) is 1. The van der Waals surface area contributed by atoms with Gasteiger partial charge < -0.3 is 4.74 Å². The second kappa shape index (κ2) is 8.06. The molecule has 0 radical (unpaired) electrons. The molecule has 1 N–H and O–H groups in total. The van der Waals surface area contributed by atoms with Crippen LogP contribution in [0.15, 0.2) is 73.1 Å². The third kappa shape index (κ3) is 4.10. The maximum absolute atomic E-state index is 12.5. The van der Waals surface area contributed by atoms with Gasteiger partial charge >= 0.3 is 0 Å². The number of benzene rings is 2. The summed E-state index contributed by atoms with van der Waals surface area (Å²) >= 11 is 1.45. The van der Waals surface area contributed by atoms with Crippen molar-refractivity contribution in [1.29, 1.82) is 0 Å².